The van der Waals surface area contributed by atoms with Crippen LogP contribution in [0.2, 0.25) is 0 Å². The maximum Gasteiger partial charge on any atom is 0.319 e. The molecule has 1 saturated heterocycles. The van der Waals surface area contributed by atoms with Crippen LogP contribution in [0.1, 0.15) is 17.9 Å². The Morgan fingerprint density at radius 3 is 2.74 bits per heavy atom. The van der Waals surface area contributed by atoms with E-state index in [9.17, 15) is 4.79 Å². The first-order chi connectivity index (χ1) is 13.3. The molecule has 6 nitrogen and oxygen atoms in total. The summed E-state index contributed by atoms with van der Waals surface area (Å²) in [4.78, 5) is 14.5. The summed E-state index contributed by atoms with van der Waals surface area (Å²) < 4.78 is 11.0. The molecule has 0 bridgehead atoms. The fourth-order valence-corrected chi connectivity index (χ4v) is 3.66. The normalized spacial score (nSPS) is 18.9. The lowest BCUT2D eigenvalue weighted by atomic mass is 9.99. The maximum atomic E-state index is 12.1. The molecule has 2 N–H and O–H groups in total. The Kier molecular flexibility index (Phi) is 5.44. The Bertz CT molecular complexity index is 781. The zero-order valence-electron chi connectivity index (χ0n) is 15.3. The number of nitrogens with zero attached hydrogens (tertiary/aromatic N) is 1. The SMILES string of the molecule is O=C(NCCN1CC[C@@H](c2ccccc2)C1)Nc1ccc2c(c1)OCCO2. The standard InChI is InChI=1S/C21H25N3O3/c25-21(23-18-6-7-19-20(14-18)27-13-12-26-19)22-9-11-24-10-8-17(15-24)16-4-2-1-3-5-16/h1-7,14,17H,8-13,15H2,(H2,22,23,25)/t17-/m1/s1. The third kappa shape index (κ3) is 4.52. The Morgan fingerprint density at radius 2 is 1.89 bits per heavy atom. The molecule has 1 atom stereocenters. The van der Waals surface area contributed by atoms with Crippen LogP contribution < -0.4 is 20.1 Å². The third-order valence-electron chi connectivity index (χ3n) is 5.06. The molecular formula is C21H25N3O3. The first kappa shape index (κ1) is 17.7. The molecule has 0 saturated carbocycles. The monoisotopic (exact) mass is 367 g/mol. The van der Waals surface area contributed by atoms with E-state index in [4.69, 9.17) is 9.47 Å². The van der Waals surface area contributed by atoms with Crippen molar-refractivity contribution in [2.24, 2.45) is 0 Å². The number of carbonyl (C=O) groups excluding carboxylic acids is 1. The van der Waals surface area contributed by atoms with Crippen molar-refractivity contribution in [1.29, 1.82) is 0 Å². The quantitative estimate of drug-likeness (QED) is 0.853. The van der Waals surface area contributed by atoms with Gasteiger partial charge >= 0.3 is 6.03 Å². The van der Waals surface area contributed by atoms with Gasteiger partial charge in [0.15, 0.2) is 11.5 Å². The molecule has 2 aliphatic rings. The lowest BCUT2D eigenvalue weighted by Gasteiger charge is -2.19. The first-order valence-corrected chi connectivity index (χ1v) is 9.50. The van der Waals surface area contributed by atoms with Crippen molar-refractivity contribution in [3.8, 4) is 11.5 Å². The van der Waals surface area contributed by atoms with Crippen molar-refractivity contribution >= 4 is 11.7 Å². The van der Waals surface area contributed by atoms with Gasteiger partial charge in [0.2, 0.25) is 0 Å². The summed E-state index contributed by atoms with van der Waals surface area (Å²) in [5, 5.41) is 5.78. The van der Waals surface area contributed by atoms with Crippen molar-refractivity contribution in [2.45, 2.75) is 12.3 Å². The molecule has 0 spiro atoms. The van der Waals surface area contributed by atoms with Gasteiger partial charge in [-0.15, -0.1) is 0 Å². The van der Waals surface area contributed by atoms with Crippen LogP contribution in [-0.4, -0.2) is 50.3 Å². The van der Waals surface area contributed by atoms with Crippen LogP contribution in [0.25, 0.3) is 0 Å². The van der Waals surface area contributed by atoms with Crippen LogP contribution >= 0.6 is 0 Å². The summed E-state index contributed by atoms with van der Waals surface area (Å²) in [6.07, 6.45) is 1.17. The molecule has 2 aliphatic heterocycles. The van der Waals surface area contributed by atoms with E-state index in [-0.39, 0.29) is 6.03 Å². The molecule has 2 amide bonds. The highest BCUT2D eigenvalue weighted by molar-refractivity contribution is 5.89. The number of amides is 2. The van der Waals surface area contributed by atoms with Crippen molar-refractivity contribution < 1.29 is 14.3 Å². The van der Waals surface area contributed by atoms with E-state index in [1.807, 2.05) is 12.1 Å². The summed E-state index contributed by atoms with van der Waals surface area (Å²) in [6, 6.07) is 15.9. The molecule has 0 radical (unpaired) electrons. The third-order valence-corrected chi connectivity index (χ3v) is 5.06. The molecule has 4 rings (SSSR count). The Labute approximate surface area is 159 Å². The summed E-state index contributed by atoms with van der Waals surface area (Å²) in [6.45, 7) is 4.70. The molecule has 27 heavy (non-hydrogen) atoms. The molecular weight excluding hydrogens is 342 g/mol. The fraction of sp³-hybridized carbons (Fsp3) is 0.381. The highest BCUT2D eigenvalue weighted by Gasteiger charge is 2.23. The molecule has 0 aromatic heterocycles. The topological polar surface area (TPSA) is 62.8 Å². The van der Waals surface area contributed by atoms with Gasteiger partial charge in [0, 0.05) is 31.4 Å². The van der Waals surface area contributed by atoms with Gasteiger partial charge in [-0.25, -0.2) is 4.79 Å². The summed E-state index contributed by atoms with van der Waals surface area (Å²) in [5.41, 5.74) is 2.10. The lowest BCUT2D eigenvalue weighted by Crippen LogP contribution is -2.36. The van der Waals surface area contributed by atoms with Gasteiger partial charge in [-0.2, -0.15) is 0 Å². The number of carbonyl (C=O) groups is 1. The van der Waals surface area contributed by atoms with Crippen LogP contribution in [0.5, 0.6) is 11.5 Å². The molecule has 6 heteroatoms. The summed E-state index contributed by atoms with van der Waals surface area (Å²) in [7, 11) is 0. The van der Waals surface area contributed by atoms with Gasteiger partial charge in [-0.3, -0.25) is 0 Å². The summed E-state index contributed by atoms with van der Waals surface area (Å²) >= 11 is 0. The number of likely N-dealkylation sites (tertiary alicyclic amines) is 1. The molecule has 142 valence electrons. The van der Waals surface area contributed by atoms with Gasteiger partial charge in [-0.05, 0) is 36.6 Å². The number of hydrogen-bond donors (Lipinski definition) is 2. The van der Waals surface area contributed by atoms with E-state index in [1.165, 1.54) is 12.0 Å². The minimum Gasteiger partial charge on any atom is -0.486 e. The maximum absolute atomic E-state index is 12.1. The van der Waals surface area contributed by atoms with Crippen molar-refractivity contribution in [1.82, 2.24) is 10.2 Å². The molecule has 2 heterocycles. The van der Waals surface area contributed by atoms with E-state index in [0.29, 0.717) is 42.9 Å². The second kappa shape index (κ2) is 8.31. The molecule has 0 unspecified atom stereocenters. The van der Waals surface area contributed by atoms with Crippen LogP contribution in [0.4, 0.5) is 10.5 Å². The Balaban J connectivity index is 1.20. The van der Waals surface area contributed by atoms with E-state index in [2.05, 4.69) is 45.9 Å². The average Bonchev–Trinajstić information content (AvgIpc) is 3.17. The van der Waals surface area contributed by atoms with Crippen LogP contribution in [0.15, 0.2) is 48.5 Å². The fourth-order valence-electron chi connectivity index (χ4n) is 3.66. The highest BCUT2D eigenvalue weighted by atomic mass is 16.6. The minimum atomic E-state index is -0.203. The van der Waals surface area contributed by atoms with Crippen molar-refractivity contribution in [2.75, 3.05) is 44.7 Å². The molecule has 2 aromatic carbocycles. The van der Waals surface area contributed by atoms with Crippen molar-refractivity contribution in [3.63, 3.8) is 0 Å². The predicted octanol–water partition coefficient (Wildman–Crippen LogP) is 3.07. The Hall–Kier alpha value is -2.73. The number of rotatable bonds is 5. The minimum absolute atomic E-state index is 0.203. The number of nitrogens with one attached hydrogen (secondary N) is 2. The average molecular weight is 367 g/mol. The number of fused-ring (bicyclic) bond motifs is 1. The zero-order valence-corrected chi connectivity index (χ0v) is 15.3. The van der Waals surface area contributed by atoms with Gasteiger partial charge in [0.1, 0.15) is 13.2 Å². The molecule has 0 aliphatic carbocycles. The number of ether oxygens (including phenoxy) is 2. The second-order valence-corrected chi connectivity index (χ2v) is 6.94. The number of anilines is 1. The molecule has 2 aromatic rings. The summed E-state index contributed by atoms with van der Waals surface area (Å²) in [5.74, 6) is 1.98. The smallest absolute Gasteiger partial charge is 0.319 e. The highest BCUT2D eigenvalue weighted by Crippen LogP contribution is 2.32. The van der Waals surface area contributed by atoms with Crippen LogP contribution in [0.3, 0.4) is 0 Å². The molecule has 1 fully saturated rings. The number of urea groups is 1. The number of hydrogen-bond acceptors (Lipinski definition) is 4. The second-order valence-electron chi connectivity index (χ2n) is 6.94. The predicted molar refractivity (Wildman–Crippen MR) is 105 cm³/mol. The van der Waals surface area contributed by atoms with E-state index < -0.39 is 0 Å². The lowest BCUT2D eigenvalue weighted by molar-refractivity contribution is 0.171. The van der Waals surface area contributed by atoms with E-state index in [0.717, 1.165) is 19.6 Å². The first-order valence-electron chi connectivity index (χ1n) is 9.50. The van der Waals surface area contributed by atoms with Crippen LogP contribution in [0, 0.1) is 0 Å². The van der Waals surface area contributed by atoms with Gasteiger partial charge in [-0.1, -0.05) is 30.3 Å². The zero-order chi connectivity index (χ0) is 18.5. The van der Waals surface area contributed by atoms with Gasteiger partial charge in [0.25, 0.3) is 0 Å². The van der Waals surface area contributed by atoms with Gasteiger partial charge in [0.05, 0.1) is 0 Å². The van der Waals surface area contributed by atoms with Crippen molar-refractivity contribution in [3.05, 3.63) is 54.1 Å². The number of benzene rings is 2. The Morgan fingerprint density at radius 1 is 1.07 bits per heavy atom. The van der Waals surface area contributed by atoms with E-state index >= 15 is 0 Å². The van der Waals surface area contributed by atoms with Crippen LogP contribution in [-0.2, 0) is 0 Å². The largest absolute Gasteiger partial charge is 0.486 e. The van der Waals surface area contributed by atoms with E-state index in [1.54, 1.807) is 6.07 Å². The van der Waals surface area contributed by atoms with Gasteiger partial charge < -0.3 is 25.0 Å².